The van der Waals surface area contributed by atoms with Crippen LogP contribution in [0, 0.1) is 10.1 Å². The fourth-order valence-electron chi connectivity index (χ4n) is 4.17. The number of nitro groups is 1. The molecule has 1 aromatic rings. The van der Waals surface area contributed by atoms with Gasteiger partial charge in [0.25, 0.3) is 5.69 Å². The topological polar surface area (TPSA) is 84.8 Å². The van der Waals surface area contributed by atoms with Crippen molar-refractivity contribution in [3.8, 4) is 0 Å². The van der Waals surface area contributed by atoms with Crippen molar-refractivity contribution in [1.82, 2.24) is 0 Å². The Morgan fingerprint density at radius 1 is 1.30 bits per heavy atom. The van der Waals surface area contributed by atoms with E-state index in [1.54, 1.807) is 12.1 Å². The van der Waals surface area contributed by atoms with Gasteiger partial charge in [0.05, 0.1) is 23.8 Å². The van der Waals surface area contributed by atoms with Gasteiger partial charge in [0.1, 0.15) is 19.1 Å². The van der Waals surface area contributed by atoms with Gasteiger partial charge >= 0.3 is 0 Å². The van der Waals surface area contributed by atoms with Gasteiger partial charge in [-0.3, -0.25) is 10.1 Å². The molecular formula is C15H20N5O3+. The van der Waals surface area contributed by atoms with Crippen molar-refractivity contribution in [3.63, 3.8) is 0 Å². The van der Waals surface area contributed by atoms with E-state index in [1.807, 2.05) is 5.01 Å². The van der Waals surface area contributed by atoms with E-state index in [2.05, 4.69) is 10.3 Å². The van der Waals surface area contributed by atoms with Gasteiger partial charge in [-0.2, -0.15) is 10.1 Å². The van der Waals surface area contributed by atoms with Crippen LogP contribution in [0.2, 0.25) is 0 Å². The normalized spacial score (nSPS) is 30.6. The van der Waals surface area contributed by atoms with Gasteiger partial charge < -0.3 is 9.64 Å². The highest BCUT2D eigenvalue weighted by Gasteiger charge is 2.60. The molecule has 1 N–H and O–H groups in total. The Labute approximate surface area is 133 Å². The summed E-state index contributed by atoms with van der Waals surface area (Å²) >= 11 is 0. The van der Waals surface area contributed by atoms with Gasteiger partial charge in [0.2, 0.25) is 5.66 Å². The number of non-ortho nitro benzene ring substituents is 1. The molecule has 0 bridgehead atoms. The summed E-state index contributed by atoms with van der Waals surface area (Å²) in [7, 11) is 0. The third-order valence-electron chi connectivity index (χ3n) is 5.26. The van der Waals surface area contributed by atoms with E-state index in [0.29, 0.717) is 0 Å². The van der Waals surface area contributed by atoms with Crippen LogP contribution < -0.4 is 9.91 Å². The largest absolute Gasteiger partial charge is 0.370 e. The number of ether oxygens (including phenoxy) is 1. The lowest BCUT2D eigenvalue weighted by Gasteiger charge is -2.43. The average Bonchev–Trinajstić information content (AvgIpc) is 3.15. The summed E-state index contributed by atoms with van der Waals surface area (Å²) in [6, 6.07) is 6.83. The van der Waals surface area contributed by atoms with Crippen molar-refractivity contribution >= 4 is 11.4 Å². The summed E-state index contributed by atoms with van der Waals surface area (Å²) in [4.78, 5) is 11.9. The molecule has 0 radical (unpaired) electrons. The molecule has 2 fully saturated rings. The minimum Gasteiger partial charge on any atom is -0.370 e. The summed E-state index contributed by atoms with van der Waals surface area (Å²) in [6.45, 7) is 3.42. The van der Waals surface area contributed by atoms with Crippen LogP contribution in [0.3, 0.4) is 0 Å². The van der Waals surface area contributed by atoms with Gasteiger partial charge in [-0.05, 0) is 25.0 Å². The lowest BCUT2D eigenvalue weighted by molar-refractivity contribution is -0.958. The molecule has 0 amide bonds. The second-order valence-electron chi connectivity index (χ2n) is 6.34. The van der Waals surface area contributed by atoms with E-state index in [4.69, 9.17) is 4.74 Å². The number of nitrogens with zero attached hydrogens (tertiary/aromatic N) is 4. The third kappa shape index (κ3) is 2.21. The predicted octanol–water partition coefficient (Wildman–Crippen LogP) is 0.946. The Hall–Kier alpha value is -2.06. The van der Waals surface area contributed by atoms with Crippen molar-refractivity contribution in [2.75, 3.05) is 31.3 Å². The summed E-state index contributed by atoms with van der Waals surface area (Å²) in [6.07, 6.45) is 3.23. The number of quaternary nitrogens is 1. The lowest BCUT2D eigenvalue weighted by Crippen LogP contribution is -3.24. The van der Waals surface area contributed by atoms with Gasteiger partial charge in [-0.1, -0.05) is 5.22 Å². The zero-order valence-corrected chi connectivity index (χ0v) is 12.9. The average molecular weight is 318 g/mol. The second kappa shape index (κ2) is 5.54. The standard InChI is InChI=1S/C15H19N5O3/c21-20(22)13-5-3-12(4-6-13)19-15(18-8-10-23-11-9-18)7-1-2-14(15)16-17-19/h3-6,14H,1-2,7-11H2/p+1/t14-,15-/m1/s1. The summed E-state index contributed by atoms with van der Waals surface area (Å²) < 4.78 is 5.51. The first-order valence-electron chi connectivity index (χ1n) is 8.10. The summed E-state index contributed by atoms with van der Waals surface area (Å²) in [5.41, 5.74) is 0.822. The van der Waals surface area contributed by atoms with E-state index in [-0.39, 0.29) is 22.3 Å². The molecule has 8 nitrogen and oxygen atoms in total. The zero-order valence-electron chi connectivity index (χ0n) is 12.9. The molecule has 2 atom stereocenters. The van der Waals surface area contributed by atoms with Crippen molar-refractivity contribution in [1.29, 1.82) is 0 Å². The number of hydrogen-bond acceptors (Lipinski definition) is 6. The number of nitrogens with one attached hydrogen (secondary N) is 1. The molecular weight excluding hydrogens is 298 g/mol. The molecule has 0 spiro atoms. The van der Waals surface area contributed by atoms with Crippen LogP contribution >= 0.6 is 0 Å². The van der Waals surface area contributed by atoms with E-state index < -0.39 is 0 Å². The number of hydrogen-bond donors (Lipinski definition) is 1. The number of nitro benzene ring substituents is 1. The molecule has 4 rings (SSSR count). The van der Waals surface area contributed by atoms with Crippen LogP contribution in [0.15, 0.2) is 34.6 Å². The maximum atomic E-state index is 10.9. The van der Waals surface area contributed by atoms with Gasteiger partial charge in [0.15, 0.2) is 0 Å². The van der Waals surface area contributed by atoms with E-state index >= 15 is 0 Å². The van der Waals surface area contributed by atoms with Crippen molar-refractivity contribution in [3.05, 3.63) is 34.4 Å². The Morgan fingerprint density at radius 2 is 2.04 bits per heavy atom. The smallest absolute Gasteiger partial charge is 0.269 e. The SMILES string of the molecule is O=[N+]([O-])c1ccc(N2N=N[C@@H]3CCC[C@]32[NH+]2CCOCC2)cc1. The van der Waals surface area contributed by atoms with Crippen LogP contribution in [-0.4, -0.2) is 42.9 Å². The van der Waals surface area contributed by atoms with Crippen LogP contribution in [0.4, 0.5) is 11.4 Å². The Bertz CT molecular complexity index is 629. The Morgan fingerprint density at radius 3 is 2.74 bits per heavy atom. The molecule has 1 saturated carbocycles. The highest BCUT2D eigenvalue weighted by atomic mass is 16.6. The maximum Gasteiger partial charge on any atom is 0.269 e. The van der Waals surface area contributed by atoms with E-state index in [9.17, 15) is 10.1 Å². The number of rotatable bonds is 3. The van der Waals surface area contributed by atoms with Crippen LogP contribution in [0.1, 0.15) is 19.3 Å². The highest BCUT2D eigenvalue weighted by molar-refractivity contribution is 5.52. The number of anilines is 1. The van der Waals surface area contributed by atoms with Crippen molar-refractivity contribution in [2.24, 2.45) is 10.3 Å². The quantitative estimate of drug-likeness (QED) is 0.664. The molecule has 2 aliphatic heterocycles. The molecule has 122 valence electrons. The molecule has 8 heteroatoms. The fourth-order valence-corrected chi connectivity index (χ4v) is 4.17. The first-order chi connectivity index (χ1) is 11.2. The summed E-state index contributed by atoms with van der Waals surface area (Å²) in [5, 5.41) is 21.8. The molecule has 1 aromatic carbocycles. The van der Waals surface area contributed by atoms with Crippen LogP contribution in [0.5, 0.6) is 0 Å². The van der Waals surface area contributed by atoms with Crippen LogP contribution in [0.25, 0.3) is 0 Å². The zero-order chi connectivity index (χ0) is 15.9. The first-order valence-corrected chi connectivity index (χ1v) is 8.10. The van der Waals surface area contributed by atoms with E-state index in [0.717, 1.165) is 51.3 Å². The number of benzene rings is 1. The second-order valence-corrected chi connectivity index (χ2v) is 6.34. The predicted molar refractivity (Wildman–Crippen MR) is 82.3 cm³/mol. The monoisotopic (exact) mass is 318 g/mol. The van der Waals surface area contributed by atoms with Crippen molar-refractivity contribution in [2.45, 2.75) is 31.0 Å². The van der Waals surface area contributed by atoms with Gasteiger partial charge in [-0.25, -0.2) is 0 Å². The van der Waals surface area contributed by atoms with Gasteiger partial charge in [-0.15, -0.1) is 0 Å². The third-order valence-corrected chi connectivity index (χ3v) is 5.26. The van der Waals surface area contributed by atoms with Crippen LogP contribution in [-0.2, 0) is 4.74 Å². The minimum atomic E-state index is -0.378. The Kier molecular flexibility index (Phi) is 3.50. The highest BCUT2D eigenvalue weighted by Crippen LogP contribution is 2.41. The molecule has 23 heavy (non-hydrogen) atoms. The minimum absolute atomic E-state index is 0.0978. The maximum absolute atomic E-state index is 10.9. The molecule has 3 aliphatic rings. The molecule has 0 aromatic heterocycles. The number of morpholine rings is 1. The molecule has 2 heterocycles. The Balaban J connectivity index is 1.68. The molecule has 1 saturated heterocycles. The molecule has 0 unspecified atom stereocenters. The summed E-state index contributed by atoms with van der Waals surface area (Å²) in [5.74, 6) is 0. The lowest BCUT2D eigenvalue weighted by atomic mass is 10.00. The fraction of sp³-hybridized carbons (Fsp3) is 0.600. The number of fused-ring (bicyclic) bond motifs is 1. The molecule has 1 aliphatic carbocycles. The first kappa shape index (κ1) is 14.5. The van der Waals surface area contributed by atoms with Crippen molar-refractivity contribution < 1.29 is 14.6 Å². The van der Waals surface area contributed by atoms with E-state index in [1.165, 1.54) is 17.0 Å². The van der Waals surface area contributed by atoms with Gasteiger partial charge in [0, 0.05) is 18.6 Å².